The molecule has 7 aromatic rings. The molecule has 0 fully saturated rings. The maximum absolute atomic E-state index is 11.6. The van der Waals surface area contributed by atoms with Crippen LogP contribution in [0.2, 0.25) is 0 Å². The number of fused-ring (bicyclic) bond motifs is 3. The first-order valence-corrected chi connectivity index (χ1v) is 17.2. The molecule has 0 spiro atoms. The van der Waals surface area contributed by atoms with Crippen molar-refractivity contribution in [3.8, 4) is 54.9 Å². The summed E-state index contributed by atoms with van der Waals surface area (Å²) in [5.41, 5.74) is 7.89. The molecule has 7 rings (SSSR count). The topological polar surface area (TPSA) is 66.2 Å². The number of rotatable bonds is 4. The van der Waals surface area contributed by atoms with Crippen molar-refractivity contribution in [3.63, 3.8) is 0 Å². The highest BCUT2D eigenvalue weighted by Crippen LogP contribution is 2.45. The molecule has 0 amide bonds. The zero-order chi connectivity index (χ0) is 32.4. The zero-order valence-corrected chi connectivity index (χ0v) is 28.5. The Kier molecular flexibility index (Phi) is 7.26. The first-order valence-electron chi connectivity index (χ1n) is 15.4. The average Bonchev–Trinajstić information content (AvgIpc) is 3.75. The molecule has 46 heavy (non-hydrogen) atoms. The van der Waals surface area contributed by atoms with E-state index in [0.29, 0.717) is 22.5 Å². The van der Waals surface area contributed by atoms with E-state index in [4.69, 9.17) is 9.97 Å². The van der Waals surface area contributed by atoms with Gasteiger partial charge in [0, 0.05) is 42.8 Å². The number of aromatic nitrogens is 2. The number of hydrogen-bond acceptors (Lipinski definition) is 6. The number of aromatic hydroxyl groups is 2. The van der Waals surface area contributed by atoms with Crippen molar-refractivity contribution in [2.24, 2.45) is 0 Å². The van der Waals surface area contributed by atoms with E-state index in [1.165, 1.54) is 0 Å². The summed E-state index contributed by atoms with van der Waals surface area (Å²) in [4.78, 5) is 12.4. The number of pyridine rings is 2. The third-order valence-electron chi connectivity index (χ3n) is 8.60. The van der Waals surface area contributed by atoms with Gasteiger partial charge in [0.05, 0.1) is 22.4 Å². The Morgan fingerprint density at radius 3 is 1.22 bits per heavy atom. The lowest BCUT2D eigenvalue weighted by atomic mass is 9.84. The fourth-order valence-corrected chi connectivity index (χ4v) is 7.32. The van der Waals surface area contributed by atoms with E-state index in [9.17, 15) is 10.2 Å². The minimum absolute atomic E-state index is 0.125. The van der Waals surface area contributed by atoms with Crippen LogP contribution in [-0.4, -0.2) is 20.2 Å². The highest BCUT2D eigenvalue weighted by Gasteiger charge is 2.23. The minimum Gasteiger partial charge on any atom is -0.507 e. The number of benzene rings is 3. The van der Waals surface area contributed by atoms with Gasteiger partial charge in [0.2, 0.25) is 0 Å². The maximum Gasteiger partial charge on any atom is 0.133 e. The second-order valence-electron chi connectivity index (χ2n) is 13.9. The molecule has 0 atom stereocenters. The number of hydrogen-bond donors (Lipinski definition) is 2. The summed E-state index contributed by atoms with van der Waals surface area (Å²) in [5.74, 6) is 0.447. The molecule has 4 heterocycles. The van der Waals surface area contributed by atoms with Gasteiger partial charge in [-0.3, -0.25) is 0 Å². The van der Waals surface area contributed by atoms with Crippen LogP contribution in [0.25, 0.3) is 65.2 Å². The molecule has 4 nitrogen and oxygen atoms in total. The lowest BCUT2D eigenvalue weighted by Gasteiger charge is -2.22. The normalized spacial score (nSPS) is 12.3. The van der Waals surface area contributed by atoms with Crippen LogP contribution in [0.5, 0.6) is 11.5 Å². The molecule has 0 bridgehead atoms. The van der Waals surface area contributed by atoms with Gasteiger partial charge in [-0.25, -0.2) is 9.97 Å². The fourth-order valence-electron chi connectivity index (χ4n) is 5.83. The second-order valence-corrected chi connectivity index (χ2v) is 15.8. The summed E-state index contributed by atoms with van der Waals surface area (Å²) in [6.07, 6.45) is 0. The summed E-state index contributed by atoms with van der Waals surface area (Å²) in [6.45, 7) is 13.1. The van der Waals surface area contributed by atoms with Crippen molar-refractivity contribution < 1.29 is 10.2 Å². The maximum atomic E-state index is 11.6. The number of phenolic OH excluding ortho intramolecular Hbond substituents is 2. The van der Waals surface area contributed by atoms with Gasteiger partial charge in [-0.2, -0.15) is 0 Å². The predicted octanol–water partition coefficient (Wildman–Crippen LogP) is 11.6. The Balaban J connectivity index is 1.45. The van der Waals surface area contributed by atoms with Gasteiger partial charge in [0.25, 0.3) is 0 Å². The molecule has 0 saturated carbocycles. The van der Waals surface area contributed by atoms with Crippen LogP contribution in [0.1, 0.15) is 52.7 Å². The van der Waals surface area contributed by atoms with Gasteiger partial charge >= 0.3 is 0 Å². The summed E-state index contributed by atoms with van der Waals surface area (Å²) in [6, 6.07) is 28.6. The van der Waals surface area contributed by atoms with Crippen LogP contribution >= 0.6 is 22.7 Å². The van der Waals surface area contributed by atoms with Crippen LogP contribution < -0.4 is 0 Å². The number of phenols is 2. The summed E-state index contributed by atoms with van der Waals surface area (Å²) in [7, 11) is 0. The third kappa shape index (κ3) is 5.36. The quantitative estimate of drug-likeness (QED) is 0.188. The van der Waals surface area contributed by atoms with Gasteiger partial charge < -0.3 is 10.2 Å². The molecule has 4 aromatic heterocycles. The molecule has 230 valence electrons. The van der Waals surface area contributed by atoms with E-state index in [1.807, 2.05) is 59.3 Å². The van der Waals surface area contributed by atoms with Crippen molar-refractivity contribution in [2.75, 3.05) is 0 Å². The highest BCUT2D eigenvalue weighted by atomic mass is 32.1. The van der Waals surface area contributed by atoms with E-state index >= 15 is 0 Å². The molecule has 0 aliphatic rings. The molecular weight excluding hydrogens is 605 g/mol. The molecule has 3 aromatic carbocycles. The molecule has 6 heteroatoms. The molecule has 2 N–H and O–H groups in total. The lowest BCUT2D eigenvalue weighted by molar-refractivity contribution is 0.477. The van der Waals surface area contributed by atoms with Crippen LogP contribution in [0, 0.1) is 0 Å². The van der Waals surface area contributed by atoms with Crippen molar-refractivity contribution in [1.29, 1.82) is 0 Å². The average molecular weight is 641 g/mol. The smallest absolute Gasteiger partial charge is 0.133 e. The van der Waals surface area contributed by atoms with Crippen molar-refractivity contribution in [2.45, 2.75) is 52.4 Å². The van der Waals surface area contributed by atoms with Crippen LogP contribution in [-0.2, 0) is 10.8 Å². The van der Waals surface area contributed by atoms with Gasteiger partial charge in [-0.1, -0.05) is 77.9 Å². The summed E-state index contributed by atoms with van der Waals surface area (Å²) < 4.78 is 0. The minimum atomic E-state index is -0.125. The molecular formula is C40H36N2O2S2. The van der Waals surface area contributed by atoms with Gasteiger partial charge in [0.15, 0.2) is 0 Å². The fraction of sp³-hybridized carbons (Fsp3) is 0.200. The Morgan fingerprint density at radius 2 is 0.870 bits per heavy atom. The Labute approximate surface area is 277 Å². The zero-order valence-electron chi connectivity index (χ0n) is 26.8. The van der Waals surface area contributed by atoms with Crippen molar-refractivity contribution >= 4 is 44.5 Å². The monoisotopic (exact) mass is 640 g/mol. The van der Waals surface area contributed by atoms with Crippen molar-refractivity contribution in [1.82, 2.24) is 9.97 Å². The Bertz CT molecular complexity index is 2080. The standard InChI is InChI=1S/C40H36N2O2S2/c1-39(2,3)25-19-27(37(43)29(21-25)33-9-7-17-45-33)31-15-13-23-11-12-24-14-16-32(42-36(24)35(23)41-31)28-20-26(40(4,5)6)22-30(38(28)44)34-10-8-18-46-34/h7-22,43-44H,1-6H3. The lowest BCUT2D eigenvalue weighted by Crippen LogP contribution is -2.11. The van der Waals surface area contributed by atoms with E-state index in [-0.39, 0.29) is 22.3 Å². The molecule has 0 unspecified atom stereocenters. The number of nitrogens with zero attached hydrogens (tertiary/aromatic N) is 2. The van der Waals surface area contributed by atoms with Gasteiger partial charge in [0.1, 0.15) is 11.5 Å². The highest BCUT2D eigenvalue weighted by molar-refractivity contribution is 7.13. The van der Waals surface area contributed by atoms with Crippen LogP contribution in [0.15, 0.2) is 95.7 Å². The van der Waals surface area contributed by atoms with E-state index in [2.05, 4.69) is 77.9 Å². The van der Waals surface area contributed by atoms with Gasteiger partial charge in [-0.05, 0) is 81.2 Å². The molecule has 0 saturated heterocycles. The molecule has 0 radical (unpaired) electrons. The van der Waals surface area contributed by atoms with Crippen LogP contribution in [0.3, 0.4) is 0 Å². The summed E-state index contributed by atoms with van der Waals surface area (Å²) in [5, 5.41) is 29.2. The Hall–Kier alpha value is -4.52. The largest absolute Gasteiger partial charge is 0.507 e. The first kappa shape index (κ1) is 30.2. The molecule has 0 aliphatic heterocycles. The summed E-state index contributed by atoms with van der Waals surface area (Å²) >= 11 is 3.22. The first-order chi connectivity index (χ1) is 21.9. The molecule has 0 aliphatic carbocycles. The predicted molar refractivity (Wildman–Crippen MR) is 195 cm³/mol. The Morgan fingerprint density at radius 1 is 0.500 bits per heavy atom. The second kappa shape index (κ2) is 11.1. The van der Waals surface area contributed by atoms with Gasteiger partial charge in [-0.15, -0.1) is 22.7 Å². The van der Waals surface area contributed by atoms with E-state index in [0.717, 1.165) is 53.8 Å². The van der Waals surface area contributed by atoms with Crippen LogP contribution in [0.4, 0.5) is 0 Å². The number of thiophene rings is 2. The van der Waals surface area contributed by atoms with E-state index in [1.54, 1.807) is 22.7 Å². The van der Waals surface area contributed by atoms with E-state index < -0.39 is 0 Å². The SMILES string of the molecule is CC(C)(C)c1cc(-c2ccc3ccc4ccc(-c5cc(C(C)(C)C)cc(-c6cccs6)c5O)nc4c3n2)c(O)c(-c2cccs2)c1. The third-order valence-corrected chi connectivity index (χ3v) is 10.4. The van der Waals surface area contributed by atoms with Crippen molar-refractivity contribution in [3.05, 3.63) is 107 Å².